The van der Waals surface area contributed by atoms with Gasteiger partial charge in [-0.2, -0.15) is 13.2 Å². The van der Waals surface area contributed by atoms with Gasteiger partial charge in [0.1, 0.15) is 5.69 Å². The highest BCUT2D eigenvalue weighted by atomic mass is 35.5. The molecular weight excluding hydrogens is 277 g/mol. The maximum Gasteiger partial charge on any atom is 0.433 e. The molecule has 0 spiro atoms. The molecule has 0 saturated heterocycles. The van der Waals surface area contributed by atoms with Crippen molar-refractivity contribution in [3.63, 3.8) is 0 Å². The second-order valence-electron chi connectivity index (χ2n) is 4.15. The molecule has 0 atom stereocenters. The predicted octanol–water partition coefficient (Wildman–Crippen LogP) is 4.43. The molecule has 0 saturated carbocycles. The lowest BCUT2D eigenvalue weighted by Crippen LogP contribution is -2.09. The SMILES string of the molecule is Cc1cccc(-c2cc(C(F)(F)F)nc(Cl)n2)c1C. The summed E-state index contributed by atoms with van der Waals surface area (Å²) in [6.07, 6.45) is -4.54. The van der Waals surface area contributed by atoms with E-state index in [1.807, 2.05) is 19.9 Å². The van der Waals surface area contributed by atoms with E-state index < -0.39 is 17.2 Å². The fraction of sp³-hybridized carbons (Fsp3) is 0.231. The Kier molecular flexibility index (Phi) is 3.49. The minimum atomic E-state index is -4.54. The van der Waals surface area contributed by atoms with Crippen LogP contribution in [-0.2, 0) is 6.18 Å². The molecule has 2 aromatic rings. The van der Waals surface area contributed by atoms with Crippen molar-refractivity contribution in [2.24, 2.45) is 0 Å². The Morgan fingerprint density at radius 3 is 2.42 bits per heavy atom. The van der Waals surface area contributed by atoms with Crippen LogP contribution in [0.15, 0.2) is 24.3 Å². The fourth-order valence-electron chi connectivity index (χ4n) is 1.73. The van der Waals surface area contributed by atoms with E-state index in [2.05, 4.69) is 9.97 Å². The molecule has 0 fully saturated rings. The third-order valence-electron chi connectivity index (χ3n) is 2.87. The van der Waals surface area contributed by atoms with Crippen molar-refractivity contribution in [2.45, 2.75) is 20.0 Å². The van der Waals surface area contributed by atoms with E-state index in [1.54, 1.807) is 12.1 Å². The van der Waals surface area contributed by atoms with Crippen LogP contribution in [0.3, 0.4) is 0 Å². The summed E-state index contributed by atoms with van der Waals surface area (Å²) in [7, 11) is 0. The number of nitrogens with zero attached hydrogens (tertiary/aromatic N) is 2. The van der Waals surface area contributed by atoms with Crippen LogP contribution in [0.25, 0.3) is 11.3 Å². The second-order valence-corrected chi connectivity index (χ2v) is 4.49. The third kappa shape index (κ3) is 2.87. The van der Waals surface area contributed by atoms with Gasteiger partial charge in [-0.3, -0.25) is 0 Å². The first kappa shape index (κ1) is 13.8. The number of aryl methyl sites for hydroxylation is 1. The van der Waals surface area contributed by atoms with Gasteiger partial charge in [0.15, 0.2) is 0 Å². The summed E-state index contributed by atoms with van der Waals surface area (Å²) in [6.45, 7) is 3.71. The predicted molar refractivity (Wildman–Crippen MR) is 67.0 cm³/mol. The van der Waals surface area contributed by atoms with E-state index in [1.165, 1.54) is 0 Å². The van der Waals surface area contributed by atoms with Crippen LogP contribution in [0.5, 0.6) is 0 Å². The summed E-state index contributed by atoms with van der Waals surface area (Å²) in [5.41, 5.74) is 1.60. The number of hydrogen-bond acceptors (Lipinski definition) is 2. The van der Waals surface area contributed by atoms with Crippen LogP contribution >= 0.6 is 11.6 Å². The van der Waals surface area contributed by atoms with E-state index >= 15 is 0 Å². The number of hydrogen-bond donors (Lipinski definition) is 0. The van der Waals surface area contributed by atoms with Crippen LogP contribution in [0.2, 0.25) is 5.28 Å². The number of rotatable bonds is 1. The molecular formula is C13H10ClF3N2. The Bertz CT molecular complexity index is 624. The van der Waals surface area contributed by atoms with Crippen molar-refractivity contribution in [1.29, 1.82) is 0 Å². The highest BCUT2D eigenvalue weighted by Gasteiger charge is 2.33. The molecule has 0 aliphatic rings. The van der Waals surface area contributed by atoms with Gasteiger partial charge >= 0.3 is 6.18 Å². The summed E-state index contributed by atoms with van der Waals surface area (Å²) in [6, 6.07) is 6.27. The summed E-state index contributed by atoms with van der Waals surface area (Å²) in [5.74, 6) is 0. The van der Waals surface area contributed by atoms with Crippen LogP contribution in [0.1, 0.15) is 16.8 Å². The minimum Gasteiger partial charge on any atom is -0.218 e. The van der Waals surface area contributed by atoms with Gasteiger partial charge in [0.2, 0.25) is 5.28 Å². The molecule has 1 aromatic heterocycles. The molecule has 19 heavy (non-hydrogen) atoms. The van der Waals surface area contributed by atoms with Crippen LogP contribution in [0.4, 0.5) is 13.2 Å². The van der Waals surface area contributed by atoms with E-state index in [4.69, 9.17) is 11.6 Å². The molecule has 6 heteroatoms. The molecule has 0 aliphatic carbocycles. The zero-order valence-corrected chi connectivity index (χ0v) is 11.0. The molecule has 2 rings (SSSR count). The Morgan fingerprint density at radius 1 is 1.11 bits per heavy atom. The zero-order valence-electron chi connectivity index (χ0n) is 10.2. The third-order valence-corrected chi connectivity index (χ3v) is 3.04. The first-order valence-corrected chi connectivity index (χ1v) is 5.85. The average molecular weight is 287 g/mol. The molecule has 0 unspecified atom stereocenters. The Labute approximate surface area is 113 Å². The standard InChI is InChI=1S/C13H10ClF3N2/c1-7-4-3-5-9(8(7)2)10-6-11(13(15,16)17)19-12(14)18-10/h3-6H,1-2H3. The van der Waals surface area contributed by atoms with Crippen LogP contribution in [0, 0.1) is 13.8 Å². The number of benzene rings is 1. The van der Waals surface area contributed by atoms with Gasteiger partial charge in [0.25, 0.3) is 0 Å². The van der Waals surface area contributed by atoms with Gasteiger partial charge in [-0.1, -0.05) is 18.2 Å². The first-order chi connectivity index (χ1) is 8.79. The van der Waals surface area contributed by atoms with Crippen molar-refractivity contribution in [3.05, 3.63) is 46.4 Å². The molecule has 0 N–H and O–H groups in total. The number of aromatic nitrogens is 2. The molecule has 1 heterocycles. The number of alkyl halides is 3. The molecule has 1 aromatic carbocycles. The van der Waals surface area contributed by atoms with Crippen molar-refractivity contribution < 1.29 is 13.2 Å². The van der Waals surface area contributed by atoms with Crippen molar-refractivity contribution >= 4 is 11.6 Å². The average Bonchev–Trinajstić information content (AvgIpc) is 2.31. The molecule has 2 nitrogen and oxygen atoms in total. The molecule has 0 bridgehead atoms. The Balaban J connectivity index is 2.63. The minimum absolute atomic E-state index is 0.175. The number of halogens is 4. The van der Waals surface area contributed by atoms with E-state index in [9.17, 15) is 13.2 Å². The molecule has 0 aliphatic heterocycles. The van der Waals surface area contributed by atoms with Gasteiger partial charge in [0, 0.05) is 5.56 Å². The summed E-state index contributed by atoms with van der Waals surface area (Å²) in [4.78, 5) is 7.09. The van der Waals surface area contributed by atoms with Crippen molar-refractivity contribution in [2.75, 3.05) is 0 Å². The lowest BCUT2D eigenvalue weighted by molar-refractivity contribution is -0.141. The van der Waals surface area contributed by atoms with Crippen molar-refractivity contribution in [3.8, 4) is 11.3 Å². The van der Waals surface area contributed by atoms with Gasteiger partial charge in [-0.15, -0.1) is 0 Å². The topological polar surface area (TPSA) is 25.8 Å². The molecule has 0 amide bonds. The van der Waals surface area contributed by atoms with Crippen LogP contribution in [-0.4, -0.2) is 9.97 Å². The largest absolute Gasteiger partial charge is 0.433 e. The monoisotopic (exact) mass is 286 g/mol. The highest BCUT2D eigenvalue weighted by molar-refractivity contribution is 6.28. The van der Waals surface area contributed by atoms with Crippen molar-refractivity contribution in [1.82, 2.24) is 9.97 Å². The lowest BCUT2D eigenvalue weighted by atomic mass is 10.0. The lowest BCUT2D eigenvalue weighted by Gasteiger charge is -2.11. The Morgan fingerprint density at radius 2 is 1.79 bits per heavy atom. The van der Waals surface area contributed by atoms with E-state index in [-0.39, 0.29) is 5.69 Å². The molecule has 0 radical (unpaired) electrons. The highest BCUT2D eigenvalue weighted by Crippen LogP contribution is 2.32. The second kappa shape index (κ2) is 4.81. The maximum absolute atomic E-state index is 12.7. The van der Waals surface area contributed by atoms with Gasteiger partial charge < -0.3 is 0 Å². The van der Waals surface area contributed by atoms with E-state index in [0.717, 1.165) is 17.2 Å². The normalized spacial score (nSPS) is 11.7. The van der Waals surface area contributed by atoms with Gasteiger partial charge in [0.05, 0.1) is 5.69 Å². The summed E-state index contributed by atoms with van der Waals surface area (Å²) < 4.78 is 38.1. The first-order valence-electron chi connectivity index (χ1n) is 5.47. The Hall–Kier alpha value is -1.62. The van der Waals surface area contributed by atoms with Gasteiger partial charge in [-0.05, 0) is 42.6 Å². The summed E-state index contributed by atoms with van der Waals surface area (Å²) >= 11 is 5.58. The smallest absolute Gasteiger partial charge is 0.218 e. The molecule has 100 valence electrons. The quantitative estimate of drug-likeness (QED) is 0.725. The van der Waals surface area contributed by atoms with E-state index in [0.29, 0.717) is 5.56 Å². The summed E-state index contributed by atoms with van der Waals surface area (Å²) in [5, 5.41) is -0.411. The maximum atomic E-state index is 12.7. The van der Waals surface area contributed by atoms with Gasteiger partial charge in [-0.25, -0.2) is 9.97 Å². The fourth-order valence-corrected chi connectivity index (χ4v) is 1.91. The zero-order chi connectivity index (χ0) is 14.2. The van der Waals surface area contributed by atoms with Crippen LogP contribution < -0.4 is 0 Å².